The van der Waals surface area contributed by atoms with E-state index in [1.807, 2.05) is 60.7 Å². The van der Waals surface area contributed by atoms with Gasteiger partial charge in [-0.05, 0) is 65.4 Å². The van der Waals surface area contributed by atoms with Crippen LogP contribution in [-0.2, 0) is 27.2 Å². The van der Waals surface area contributed by atoms with E-state index in [0.29, 0.717) is 50.2 Å². The molecule has 0 aliphatic rings. The molecule has 2 N–H and O–H groups in total. The zero-order valence-corrected chi connectivity index (χ0v) is 32.2. The lowest BCUT2D eigenvalue weighted by Gasteiger charge is -2.12. The summed E-state index contributed by atoms with van der Waals surface area (Å²) in [7, 11) is 0. The summed E-state index contributed by atoms with van der Waals surface area (Å²) in [5.41, 5.74) is 3.54. The first-order chi connectivity index (χ1) is 25.5. The van der Waals surface area contributed by atoms with Gasteiger partial charge in [-0.1, -0.05) is 113 Å². The maximum atomic E-state index is 14.1. The Morgan fingerprint density at radius 3 is 1.49 bits per heavy atom. The number of rotatable bonds is 12. The number of hydrogen-bond donors (Lipinski definition) is 2. The minimum absolute atomic E-state index is 0.0502. The minimum Gasteiger partial charge on any atom is -0.386 e. The van der Waals surface area contributed by atoms with Crippen LogP contribution in [0.25, 0.3) is 22.3 Å². The number of aryl methyl sites for hydroxylation is 2. The van der Waals surface area contributed by atoms with Gasteiger partial charge in [-0.15, -0.1) is 22.7 Å². The highest BCUT2D eigenvalue weighted by Crippen LogP contribution is 2.41. The normalized spacial score (nSPS) is 10.9. The van der Waals surface area contributed by atoms with Crippen molar-refractivity contribution in [2.24, 2.45) is 0 Å². The molecule has 0 aliphatic heterocycles. The number of halogens is 4. The molecule has 0 aliphatic carbocycles. The van der Waals surface area contributed by atoms with Crippen molar-refractivity contribution in [2.75, 3.05) is 10.6 Å². The Balaban J connectivity index is 1.31. The SMILES string of the molecule is O=C(CCc1ccccc1)Nc1scc(-c2cc(Cl)cc(Cl)c2)c1C(=O)OC(=O)c1c(-c2ccc(Cl)c(Cl)c2)csc1NC(=O)CCc1ccccc1. The number of anilines is 2. The quantitative estimate of drug-likeness (QED) is 0.0945. The molecule has 0 unspecified atom stereocenters. The fraction of sp³-hybridized carbons (Fsp3) is 0.100. The third kappa shape index (κ3) is 9.74. The number of ether oxygens (including phenoxy) is 1. The molecule has 4 aromatic carbocycles. The third-order valence-electron chi connectivity index (χ3n) is 8.05. The van der Waals surface area contributed by atoms with E-state index < -0.39 is 11.9 Å². The fourth-order valence-corrected chi connectivity index (χ4v) is 8.24. The molecule has 53 heavy (non-hydrogen) atoms. The Labute approximate surface area is 333 Å². The van der Waals surface area contributed by atoms with Crippen LogP contribution in [0.2, 0.25) is 20.1 Å². The van der Waals surface area contributed by atoms with E-state index in [1.54, 1.807) is 47.2 Å². The second-order valence-electron chi connectivity index (χ2n) is 11.7. The molecule has 0 spiro atoms. The molecule has 0 bridgehead atoms. The van der Waals surface area contributed by atoms with Crippen molar-refractivity contribution in [1.29, 1.82) is 0 Å². The Bertz CT molecular complexity index is 2290. The van der Waals surface area contributed by atoms with E-state index >= 15 is 0 Å². The van der Waals surface area contributed by atoms with Gasteiger partial charge in [-0.3, -0.25) is 9.59 Å². The van der Waals surface area contributed by atoms with Crippen LogP contribution in [0.4, 0.5) is 10.0 Å². The molecular weight excluding hydrogens is 794 g/mol. The van der Waals surface area contributed by atoms with E-state index in [4.69, 9.17) is 51.1 Å². The lowest BCUT2D eigenvalue weighted by atomic mass is 10.0. The van der Waals surface area contributed by atoms with E-state index in [-0.39, 0.29) is 50.8 Å². The van der Waals surface area contributed by atoms with Gasteiger partial charge in [0.1, 0.15) is 21.1 Å². The molecule has 0 fully saturated rings. The molecule has 268 valence electrons. The van der Waals surface area contributed by atoms with Gasteiger partial charge < -0.3 is 15.4 Å². The van der Waals surface area contributed by atoms with Crippen LogP contribution in [0.3, 0.4) is 0 Å². The Morgan fingerprint density at radius 2 is 1.02 bits per heavy atom. The van der Waals surface area contributed by atoms with Gasteiger partial charge in [-0.25, -0.2) is 9.59 Å². The molecule has 0 atom stereocenters. The number of nitrogens with one attached hydrogen (secondary N) is 2. The highest BCUT2D eigenvalue weighted by atomic mass is 35.5. The number of esters is 2. The first kappa shape index (κ1) is 38.3. The van der Waals surface area contributed by atoms with Gasteiger partial charge in [0.05, 0.1) is 10.0 Å². The fourth-order valence-electron chi connectivity index (χ4n) is 5.47. The van der Waals surface area contributed by atoms with Crippen LogP contribution >= 0.6 is 69.1 Å². The Kier molecular flexibility index (Phi) is 12.7. The molecule has 0 radical (unpaired) electrons. The molecule has 2 aromatic heterocycles. The number of carbonyl (C=O) groups excluding carboxylic acids is 4. The molecule has 0 saturated heterocycles. The average molecular weight is 823 g/mol. The molecule has 6 aromatic rings. The second-order valence-corrected chi connectivity index (χ2v) is 15.2. The summed E-state index contributed by atoms with van der Waals surface area (Å²) in [5.74, 6) is -2.74. The largest absolute Gasteiger partial charge is 0.386 e. The average Bonchev–Trinajstić information content (AvgIpc) is 3.76. The molecule has 2 heterocycles. The molecule has 2 amide bonds. The van der Waals surface area contributed by atoms with Crippen molar-refractivity contribution in [3.63, 3.8) is 0 Å². The van der Waals surface area contributed by atoms with Crippen molar-refractivity contribution < 1.29 is 23.9 Å². The van der Waals surface area contributed by atoms with Crippen LogP contribution in [0, 0.1) is 0 Å². The predicted octanol–water partition coefficient (Wildman–Crippen LogP) is 11.9. The summed E-state index contributed by atoms with van der Waals surface area (Å²) < 4.78 is 5.59. The zero-order chi connectivity index (χ0) is 37.5. The molecule has 13 heteroatoms. The number of thiophene rings is 2. The Morgan fingerprint density at radius 1 is 0.547 bits per heavy atom. The number of benzene rings is 4. The lowest BCUT2D eigenvalue weighted by Crippen LogP contribution is -2.19. The molecular formula is C40H28Cl4N2O5S2. The summed E-state index contributed by atoms with van der Waals surface area (Å²) in [6.07, 6.45) is 1.24. The zero-order valence-electron chi connectivity index (χ0n) is 27.6. The smallest absolute Gasteiger partial charge is 0.349 e. The van der Waals surface area contributed by atoms with Crippen LogP contribution in [0.1, 0.15) is 44.7 Å². The van der Waals surface area contributed by atoms with Crippen molar-refractivity contribution in [2.45, 2.75) is 25.7 Å². The molecule has 6 rings (SSSR count). The highest BCUT2D eigenvalue weighted by molar-refractivity contribution is 7.15. The van der Waals surface area contributed by atoms with Crippen LogP contribution < -0.4 is 10.6 Å². The van der Waals surface area contributed by atoms with Crippen LogP contribution in [-0.4, -0.2) is 23.8 Å². The van der Waals surface area contributed by atoms with Crippen molar-refractivity contribution in [3.05, 3.63) is 150 Å². The summed E-state index contributed by atoms with van der Waals surface area (Å²) in [6, 6.07) is 28.6. The van der Waals surface area contributed by atoms with Gasteiger partial charge in [0, 0.05) is 44.8 Å². The van der Waals surface area contributed by atoms with Gasteiger partial charge in [0.2, 0.25) is 11.8 Å². The van der Waals surface area contributed by atoms with Gasteiger partial charge in [0.25, 0.3) is 0 Å². The topological polar surface area (TPSA) is 102 Å². The predicted molar refractivity (Wildman–Crippen MR) is 216 cm³/mol. The standard InChI is InChI=1S/C40H28Cl4N2O5S2/c41-27-17-26(18-28(42)20-27)30-22-53-38(46-34(48)16-12-24-9-5-2-6-10-24)36(30)40(50)51-39(49)35-29(25-13-14-31(43)32(44)19-25)21-52-37(35)45-33(47)15-11-23-7-3-1-4-8-23/h1-10,13-14,17-22H,11-12,15-16H2,(H,45,47)(H,46,48). The monoisotopic (exact) mass is 820 g/mol. The minimum atomic E-state index is -1.03. The van der Waals surface area contributed by atoms with Crippen molar-refractivity contribution in [3.8, 4) is 22.3 Å². The van der Waals surface area contributed by atoms with Crippen molar-refractivity contribution in [1.82, 2.24) is 0 Å². The van der Waals surface area contributed by atoms with E-state index in [9.17, 15) is 19.2 Å². The first-order valence-electron chi connectivity index (χ1n) is 16.1. The number of carbonyl (C=O) groups is 4. The van der Waals surface area contributed by atoms with E-state index in [2.05, 4.69) is 10.6 Å². The third-order valence-corrected chi connectivity index (χ3v) is 11.0. The maximum absolute atomic E-state index is 14.1. The first-order valence-corrected chi connectivity index (χ1v) is 19.4. The Hall–Kier alpha value is -4.48. The van der Waals surface area contributed by atoms with Gasteiger partial charge in [0.15, 0.2) is 0 Å². The van der Waals surface area contributed by atoms with Gasteiger partial charge in [-0.2, -0.15) is 0 Å². The van der Waals surface area contributed by atoms with Crippen LogP contribution in [0.5, 0.6) is 0 Å². The maximum Gasteiger partial charge on any atom is 0.349 e. The lowest BCUT2D eigenvalue weighted by molar-refractivity contribution is -0.117. The number of amides is 2. The molecule has 0 saturated carbocycles. The summed E-state index contributed by atoms with van der Waals surface area (Å²) in [5, 5.41) is 10.5. The van der Waals surface area contributed by atoms with E-state index in [0.717, 1.165) is 33.8 Å². The van der Waals surface area contributed by atoms with Crippen LogP contribution in [0.15, 0.2) is 108 Å². The number of hydrogen-bond acceptors (Lipinski definition) is 7. The summed E-state index contributed by atoms with van der Waals surface area (Å²) in [4.78, 5) is 54.5. The van der Waals surface area contributed by atoms with Gasteiger partial charge >= 0.3 is 11.9 Å². The van der Waals surface area contributed by atoms with Crippen molar-refractivity contribution >= 4 is 103 Å². The second kappa shape index (κ2) is 17.6. The van der Waals surface area contributed by atoms with E-state index in [1.165, 1.54) is 0 Å². The molecule has 7 nitrogen and oxygen atoms in total. The summed E-state index contributed by atoms with van der Waals surface area (Å²) >= 11 is 27.3. The highest BCUT2D eigenvalue weighted by Gasteiger charge is 2.30. The summed E-state index contributed by atoms with van der Waals surface area (Å²) in [6.45, 7) is 0.